The van der Waals surface area contributed by atoms with E-state index in [0.29, 0.717) is 11.3 Å². The topological polar surface area (TPSA) is 115 Å². The smallest absolute Gasteiger partial charge is 0.105 e. The van der Waals surface area contributed by atoms with Gasteiger partial charge in [0.15, 0.2) is 0 Å². The lowest BCUT2D eigenvalue weighted by Crippen LogP contribution is -2.21. The van der Waals surface area contributed by atoms with Crippen molar-refractivity contribution in [2.24, 2.45) is 5.11 Å². The summed E-state index contributed by atoms with van der Waals surface area (Å²) >= 11 is 0. The zero-order chi connectivity index (χ0) is 13.0. The quantitative estimate of drug-likeness (QED) is 0.319. The molecule has 0 aromatic heterocycles. The van der Waals surface area contributed by atoms with Crippen LogP contribution in [0.15, 0.2) is 17.2 Å². The Bertz CT molecular complexity index is 432. The molecule has 4 N–H and O–H groups in total. The van der Waals surface area contributed by atoms with E-state index >= 15 is 0 Å². The lowest BCUT2D eigenvalue weighted by Gasteiger charge is -2.18. The molecule has 0 radical (unpaired) electrons. The van der Waals surface area contributed by atoms with Gasteiger partial charge in [-0.3, -0.25) is 0 Å². The van der Waals surface area contributed by atoms with E-state index in [1.807, 2.05) is 13.8 Å². The zero-order valence-electron chi connectivity index (χ0n) is 9.83. The predicted octanol–water partition coefficient (Wildman–Crippen LogP) is 1.59. The molecule has 1 aromatic rings. The number of aliphatic hydroxyl groups is 2. The van der Waals surface area contributed by atoms with Crippen LogP contribution >= 0.6 is 0 Å². The molecule has 92 valence electrons. The Morgan fingerprint density at radius 1 is 1.35 bits per heavy atom. The monoisotopic (exact) mass is 236 g/mol. The zero-order valence-corrected chi connectivity index (χ0v) is 9.83. The van der Waals surface area contributed by atoms with Crippen molar-refractivity contribution in [1.82, 2.24) is 0 Å². The molecule has 0 saturated carbocycles. The van der Waals surface area contributed by atoms with Crippen molar-refractivity contribution < 1.29 is 10.2 Å². The number of azide groups is 1. The molecule has 6 nitrogen and oxygen atoms in total. The minimum Gasteiger partial charge on any atom is -0.398 e. The summed E-state index contributed by atoms with van der Waals surface area (Å²) in [5, 5.41) is 22.7. The number of nitrogens with zero attached hydrogens (tertiary/aromatic N) is 3. The molecule has 2 atom stereocenters. The number of nitrogen functional groups attached to an aromatic ring is 1. The van der Waals surface area contributed by atoms with E-state index in [0.717, 1.165) is 11.1 Å². The van der Waals surface area contributed by atoms with Gasteiger partial charge in [0.25, 0.3) is 0 Å². The second-order valence-electron chi connectivity index (χ2n) is 3.99. The highest BCUT2D eigenvalue weighted by Crippen LogP contribution is 2.24. The number of hydrogen-bond donors (Lipinski definition) is 3. The largest absolute Gasteiger partial charge is 0.398 e. The third-order valence-corrected chi connectivity index (χ3v) is 2.65. The van der Waals surface area contributed by atoms with Gasteiger partial charge in [0.2, 0.25) is 0 Å². The number of aliphatic hydroxyl groups excluding tert-OH is 2. The number of benzene rings is 1. The van der Waals surface area contributed by atoms with E-state index in [1.54, 1.807) is 12.1 Å². The maximum Gasteiger partial charge on any atom is 0.105 e. The first kappa shape index (κ1) is 13.3. The fourth-order valence-electron chi connectivity index (χ4n) is 1.62. The van der Waals surface area contributed by atoms with Gasteiger partial charge in [0.05, 0.1) is 12.6 Å². The van der Waals surface area contributed by atoms with Crippen molar-refractivity contribution in [3.05, 3.63) is 39.3 Å². The van der Waals surface area contributed by atoms with Crippen LogP contribution in [0.2, 0.25) is 0 Å². The molecule has 6 heteroatoms. The Balaban J connectivity index is 2.96. The molecule has 0 amide bonds. The first-order valence-electron chi connectivity index (χ1n) is 5.21. The molecule has 0 fully saturated rings. The van der Waals surface area contributed by atoms with E-state index in [9.17, 15) is 10.2 Å². The fourth-order valence-corrected chi connectivity index (χ4v) is 1.62. The number of hydrogen-bond acceptors (Lipinski definition) is 4. The van der Waals surface area contributed by atoms with Crippen LogP contribution in [0.4, 0.5) is 5.69 Å². The Morgan fingerprint density at radius 3 is 2.35 bits per heavy atom. The predicted molar refractivity (Wildman–Crippen MR) is 65.3 cm³/mol. The average molecular weight is 236 g/mol. The van der Waals surface area contributed by atoms with Crippen LogP contribution in [0.1, 0.15) is 22.8 Å². The van der Waals surface area contributed by atoms with E-state index in [4.69, 9.17) is 11.3 Å². The summed E-state index contributed by atoms with van der Waals surface area (Å²) in [7, 11) is 0. The molecular formula is C11H16N4O2. The van der Waals surface area contributed by atoms with Gasteiger partial charge in [-0.2, -0.15) is 0 Å². The van der Waals surface area contributed by atoms with Crippen molar-refractivity contribution >= 4 is 5.69 Å². The summed E-state index contributed by atoms with van der Waals surface area (Å²) in [6.07, 6.45) is -2.20. The highest BCUT2D eigenvalue weighted by Gasteiger charge is 2.18. The lowest BCUT2D eigenvalue weighted by molar-refractivity contribution is 0.0243. The highest BCUT2D eigenvalue weighted by molar-refractivity contribution is 5.54. The van der Waals surface area contributed by atoms with Gasteiger partial charge in [-0.1, -0.05) is 17.2 Å². The van der Waals surface area contributed by atoms with E-state index in [1.165, 1.54) is 0 Å². The van der Waals surface area contributed by atoms with E-state index in [2.05, 4.69) is 10.0 Å². The summed E-state index contributed by atoms with van der Waals surface area (Å²) in [5.74, 6) is 0. The van der Waals surface area contributed by atoms with Crippen LogP contribution in [0.5, 0.6) is 0 Å². The molecule has 17 heavy (non-hydrogen) atoms. The van der Waals surface area contributed by atoms with E-state index in [-0.39, 0.29) is 6.54 Å². The molecule has 1 rings (SSSR count). The van der Waals surface area contributed by atoms with E-state index < -0.39 is 12.2 Å². The summed E-state index contributed by atoms with van der Waals surface area (Å²) in [5.41, 5.74) is 16.9. The van der Waals surface area contributed by atoms with Crippen molar-refractivity contribution in [2.45, 2.75) is 26.1 Å². The van der Waals surface area contributed by atoms with Crippen LogP contribution in [0.3, 0.4) is 0 Å². The first-order chi connectivity index (χ1) is 7.97. The highest BCUT2D eigenvalue weighted by atomic mass is 16.3. The molecule has 0 aliphatic heterocycles. The minimum atomic E-state index is -1.12. The molecule has 0 aliphatic rings. The third kappa shape index (κ3) is 3.10. The van der Waals surface area contributed by atoms with Gasteiger partial charge in [0.1, 0.15) is 6.10 Å². The van der Waals surface area contributed by atoms with Crippen molar-refractivity contribution in [3.63, 3.8) is 0 Å². The lowest BCUT2D eigenvalue weighted by atomic mass is 9.98. The maximum absolute atomic E-state index is 9.88. The number of aryl methyl sites for hydroxylation is 2. The van der Waals surface area contributed by atoms with Crippen LogP contribution in [-0.2, 0) is 0 Å². The van der Waals surface area contributed by atoms with Crippen LogP contribution in [0.25, 0.3) is 10.4 Å². The van der Waals surface area contributed by atoms with Crippen LogP contribution in [0, 0.1) is 13.8 Å². The fraction of sp³-hybridized carbons (Fsp3) is 0.455. The summed E-state index contributed by atoms with van der Waals surface area (Å²) in [6.45, 7) is 3.50. The van der Waals surface area contributed by atoms with Gasteiger partial charge >= 0.3 is 0 Å². The Hall–Kier alpha value is -1.75. The Labute approximate surface area is 99.3 Å². The number of rotatable bonds is 4. The average Bonchev–Trinajstić information content (AvgIpc) is 2.31. The first-order valence-corrected chi connectivity index (χ1v) is 5.21. The second kappa shape index (κ2) is 5.54. The Kier molecular flexibility index (Phi) is 4.34. The molecule has 0 aliphatic carbocycles. The SMILES string of the molecule is Cc1cc(C(O)C(O)CN=[N+]=[N-])cc(C)c1N. The normalized spacial score (nSPS) is 13.9. The van der Waals surface area contributed by atoms with Crippen molar-refractivity contribution in [3.8, 4) is 0 Å². The number of anilines is 1. The van der Waals surface area contributed by atoms with Gasteiger partial charge in [-0.25, -0.2) is 0 Å². The summed E-state index contributed by atoms with van der Waals surface area (Å²) < 4.78 is 0. The van der Waals surface area contributed by atoms with Gasteiger partial charge < -0.3 is 15.9 Å². The van der Waals surface area contributed by atoms with Gasteiger partial charge in [0, 0.05) is 10.6 Å². The molecular weight excluding hydrogens is 220 g/mol. The number of nitrogens with two attached hydrogens (primary N) is 1. The van der Waals surface area contributed by atoms with Gasteiger partial charge in [-0.15, -0.1) is 0 Å². The molecule has 0 spiro atoms. The second-order valence-corrected chi connectivity index (χ2v) is 3.99. The van der Waals surface area contributed by atoms with Crippen molar-refractivity contribution in [1.29, 1.82) is 0 Å². The van der Waals surface area contributed by atoms with Crippen LogP contribution < -0.4 is 5.73 Å². The summed E-state index contributed by atoms with van der Waals surface area (Å²) in [4.78, 5) is 2.53. The molecule has 1 aromatic carbocycles. The minimum absolute atomic E-state index is 0.167. The maximum atomic E-state index is 9.88. The standard InChI is InChI=1S/C11H16N4O2/c1-6-3-8(4-7(2)10(6)12)11(17)9(16)5-14-15-13/h3-4,9,11,16-17H,5,12H2,1-2H3. The van der Waals surface area contributed by atoms with Crippen LogP contribution in [-0.4, -0.2) is 22.9 Å². The third-order valence-electron chi connectivity index (χ3n) is 2.65. The summed E-state index contributed by atoms with van der Waals surface area (Å²) in [6, 6.07) is 3.43. The molecule has 0 saturated heterocycles. The molecule has 0 heterocycles. The molecule has 2 unspecified atom stereocenters. The molecule has 0 bridgehead atoms. The Morgan fingerprint density at radius 2 is 1.88 bits per heavy atom. The van der Waals surface area contributed by atoms with Crippen molar-refractivity contribution in [2.75, 3.05) is 12.3 Å². The van der Waals surface area contributed by atoms with Gasteiger partial charge in [-0.05, 0) is 36.1 Å².